The molecule has 3 N–H and O–H groups in total. The molecule has 212 valence electrons. The first-order valence-electron chi connectivity index (χ1n) is 13.9. The fourth-order valence-electron chi connectivity index (χ4n) is 5.10. The lowest BCUT2D eigenvalue weighted by Crippen LogP contribution is -2.36. The first-order valence-corrected chi connectivity index (χ1v) is 13.9. The Labute approximate surface area is 239 Å². The zero-order valence-corrected chi connectivity index (χ0v) is 23.3. The number of rotatable bonds is 8. The van der Waals surface area contributed by atoms with Gasteiger partial charge >= 0.3 is 5.97 Å². The van der Waals surface area contributed by atoms with Gasteiger partial charge in [0.25, 0.3) is 0 Å². The van der Waals surface area contributed by atoms with Crippen LogP contribution in [0, 0.1) is 28.6 Å². The summed E-state index contributed by atoms with van der Waals surface area (Å²) in [5, 5.41) is 31.4. The summed E-state index contributed by atoms with van der Waals surface area (Å²) in [6, 6.07) is 11.4. The lowest BCUT2D eigenvalue weighted by atomic mass is 9.92. The number of hydrogen-bond acceptors (Lipinski definition) is 10. The Balaban J connectivity index is 1.53. The largest absolute Gasteiger partial charge is 0.477 e. The van der Waals surface area contributed by atoms with Crippen molar-refractivity contribution in [2.45, 2.75) is 26.7 Å². The molecule has 2 aliphatic rings. The standard InChI is InChI=1S/C30H34N8O3/c1-19(2)28(32)27-23(21-3-4-25(34-18-21)37-9-6-20(17-31)7-10-37)16-24(30(39)40)36-29(27)35-22-5-8-33-26(15-22)38-11-13-41-14-12-38/h3-5,8,15-16,18-20,32H,6-7,9-14H2,1-2H3,(H,39,40)(H,33,35,36). The minimum Gasteiger partial charge on any atom is -0.477 e. The molecule has 0 amide bonds. The quantitative estimate of drug-likeness (QED) is 0.337. The minimum atomic E-state index is -1.16. The van der Waals surface area contributed by atoms with Crippen LogP contribution >= 0.6 is 0 Å². The number of aromatic nitrogens is 3. The topological polar surface area (TPSA) is 151 Å². The summed E-state index contributed by atoms with van der Waals surface area (Å²) in [6.07, 6.45) is 5.03. The van der Waals surface area contributed by atoms with E-state index in [9.17, 15) is 15.2 Å². The Morgan fingerprint density at radius 1 is 1.10 bits per heavy atom. The molecule has 0 unspecified atom stereocenters. The van der Waals surface area contributed by atoms with Crippen LogP contribution in [0.25, 0.3) is 11.1 Å². The van der Waals surface area contributed by atoms with Gasteiger partial charge < -0.3 is 30.4 Å². The Morgan fingerprint density at radius 3 is 2.46 bits per heavy atom. The Hall–Kier alpha value is -4.56. The third-order valence-corrected chi connectivity index (χ3v) is 7.49. The number of carboxylic acids is 1. The second-order valence-corrected chi connectivity index (χ2v) is 10.6. The lowest BCUT2D eigenvalue weighted by molar-refractivity contribution is 0.0690. The highest BCUT2D eigenvalue weighted by molar-refractivity contribution is 6.10. The monoisotopic (exact) mass is 554 g/mol. The van der Waals surface area contributed by atoms with E-state index < -0.39 is 5.97 Å². The number of aromatic carboxylic acids is 1. The van der Waals surface area contributed by atoms with E-state index in [-0.39, 0.29) is 17.5 Å². The van der Waals surface area contributed by atoms with Crippen LogP contribution in [0.4, 0.5) is 23.1 Å². The Morgan fingerprint density at radius 2 is 1.83 bits per heavy atom. The smallest absolute Gasteiger partial charge is 0.354 e. The van der Waals surface area contributed by atoms with Gasteiger partial charge in [-0.3, -0.25) is 0 Å². The number of nitriles is 1. The summed E-state index contributed by atoms with van der Waals surface area (Å²) >= 11 is 0. The van der Waals surface area contributed by atoms with Gasteiger partial charge in [-0.1, -0.05) is 13.8 Å². The van der Waals surface area contributed by atoms with Crippen LogP contribution in [0.15, 0.2) is 42.7 Å². The molecular formula is C30H34N8O3. The van der Waals surface area contributed by atoms with Crippen molar-refractivity contribution < 1.29 is 14.6 Å². The highest BCUT2D eigenvalue weighted by atomic mass is 16.5. The van der Waals surface area contributed by atoms with Gasteiger partial charge in [0, 0.05) is 73.1 Å². The van der Waals surface area contributed by atoms with Gasteiger partial charge in [-0.05, 0) is 48.6 Å². The van der Waals surface area contributed by atoms with Crippen molar-refractivity contribution in [2.75, 3.05) is 54.5 Å². The van der Waals surface area contributed by atoms with Gasteiger partial charge in [0.1, 0.15) is 17.5 Å². The molecule has 3 aromatic heterocycles. The number of nitrogens with one attached hydrogen (secondary N) is 2. The van der Waals surface area contributed by atoms with Gasteiger partial charge in [-0.2, -0.15) is 5.26 Å². The third kappa shape index (κ3) is 6.28. The summed E-state index contributed by atoms with van der Waals surface area (Å²) in [5.74, 6) is 0.668. The van der Waals surface area contributed by atoms with Crippen LogP contribution in [0.2, 0.25) is 0 Å². The normalized spacial score (nSPS) is 16.0. The number of piperidine rings is 1. The fourth-order valence-corrected chi connectivity index (χ4v) is 5.10. The molecule has 3 aromatic rings. The number of carbonyl (C=O) groups is 1. The molecule has 0 bridgehead atoms. The molecule has 2 aliphatic heterocycles. The van der Waals surface area contributed by atoms with Crippen molar-refractivity contribution in [3.63, 3.8) is 0 Å². The number of hydrogen-bond donors (Lipinski definition) is 3. The van der Waals surface area contributed by atoms with E-state index in [1.807, 2.05) is 32.0 Å². The van der Waals surface area contributed by atoms with Gasteiger partial charge in [-0.15, -0.1) is 0 Å². The molecule has 11 heteroatoms. The van der Waals surface area contributed by atoms with E-state index in [1.165, 1.54) is 6.07 Å². The molecule has 0 saturated carbocycles. The zero-order chi connectivity index (χ0) is 28.9. The molecule has 0 aliphatic carbocycles. The van der Waals surface area contributed by atoms with Crippen molar-refractivity contribution >= 4 is 34.8 Å². The Kier molecular flexibility index (Phi) is 8.40. The molecule has 5 heterocycles. The van der Waals surface area contributed by atoms with Crippen molar-refractivity contribution in [1.29, 1.82) is 10.7 Å². The first kappa shape index (κ1) is 28.0. The highest BCUT2D eigenvalue weighted by Gasteiger charge is 2.24. The molecule has 2 fully saturated rings. The maximum atomic E-state index is 12.2. The van der Waals surface area contributed by atoms with E-state index in [0.717, 1.165) is 50.7 Å². The number of pyridine rings is 3. The van der Waals surface area contributed by atoms with E-state index in [1.54, 1.807) is 18.5 Å². The maximum Gasteiger partial charge on any atom is 0.354 e. The Bertz CT molecular complexity index is 1450. The molecule has 11 nitrogen and oxygen atoms in total. The van der Waals surface area contributed by atoms with E-state index in [0.29, 0.717) is 47.1 Å². The van der Waals surface area contributed by atoms with Crippen LogP contribution in [0.1, 0.15) is 42.7 Å². The number of ether oxygens (including phenoxy) is 1. The molecule has 41 heavy (non-hydrogen) atoms. The van der Waals surface area contributed by atoms with Crippen LogP contribution in [-0.2, 0) is 4.74 Å². The SMILES string of the molecule is CC(C)C(=N)c1c(-c2ccc(N3CCC(C#N)CC3)nc2)cc(C(=O)O)nc1Nc1ccnc(N2CCOCC2)c1. The van der Waals surface area contributed by atoms with Crippen molar-refractivity contribution in [1.82, 2.24) is 15.0 Å². The number of morpholine rings is 1. The molecule has 0 spiro atoms. The lowest BCUT2D eigenvalue weighted by Gasteiger charge is -2.30. The summed E-state index contributed by atoms with van der Waals surface area (Å²) in [5.41, 5.74) is 2.68. The van der Waals surface area contributed by atoms with Crippen LogP contribution in [-0.4, -0.2) is 71.1 Å². The van der Waals surface area contributed by atoms with E-state index in [2.05, 4.69) is 36.1 Å². The molecule has 2 saturated heterocycles. The molecular weight excluding hydrogens is 520 g/mol. The van der Waals surface area contributed by atoms with E-state index in [4.69, 9.17) is 10.1 Å². The minimum absolute atomic E-state index is 0.0812. The van der Waals surface area contributed by atoms with E-state index >= 15 is 0 Å². The number of carboxylic acid groups (broad SMARTS) is 1. The van der Waals surface area contributed by atoms with Gasteiger partial charge in [0.2, 0.25) is 0 Å². The molecule has 5 rings (SSSR count). The number of anilines is 4. The zero-order valence-electron chi connectivity index (χ0n) is 23.3. The van der Waals surface area contributed by atoms with Crippen LogP contribution < -0.4 is 15.1 Å². The third-order valence-electron chi connectivity index (χ3n) is 7.49. The summed E-state index contributed by atoms with van der Waals surface area (Å²) in [6.45, 7) is 8.10. The van der Waals surface area contributed by atoms with Crippen molar-refractivity contribution in [3.8, 4) is 17.2 Å². The van der Waals surface area contributed by atoms with Crippen LogP contribution in [0.3, 0.4) is 0 Å². The summed E-state index contributed by atoms with van der Waals surface area (Å²) < 4.78 is 5.46. The molecule has 0 radical (unpaired) electrons. The van der Waals surface area contributed by atoms with Gasteiger partial charge in [0.05, 0.1) is 19.3 Å². The highest BCUT2D eigenvalue weighted by Crippen LogP contribution is 2.34. The molecule has 0 atom stereocenters. The summed E-state index contributed by atoms with van der Waals surface area (Å²) in [4.78, 5) is 30.1. The summed E-state index contributed by atoms with van der Waals surface area (Å²) in [7, 11) is 0. The fraction of sp³-hybridized carbons (Fsp3) is 0.400. The average Bonchev–Trinajstić information content (AvgIpc) is 3.01. The van der Waals surface area contributed by atoms with Crippen LogP contribution in [0.5, 0.6) is 0 Å². The van der Waals surface area contributed by atoms with Gasteiger partial charge in [-0.25, -0.2) is 19.7 Å². The van der Waals surface area contributed by atoms with Gasteiger partial charge in [0.15, 0.2) is 5.69 Å². The second kappa shape index (κ2) is 12.3. The predicted molar refractivity (Wildman–Crippen MR) is 157 cm³/mol. The second-order valence-electron chi connectivity index (χ2n) is 10.6. The predicted octanol–water partition coefficient (Wildman–Crippen LogP) is 4.58. The van der Waals surface area contributed by atoms with Crippen molar-refractivity contribution in [2.24, 2.45) is 11.8 Å². The number of nitrogens with zero attached hydrogens (tertiary/aromatic N) is 6. The average molecular weight is 555 g/mol. The molecule has 0 aromatic carbocycles. The maximum absolute atomic E-state index is 12.2. The van der Waals surface area contributed by atoms with Crippen molar-refractivity contribution in [3.05, 3.63) is 54.0 Å². The first-order chi connectivity index (χ1) is 19.8.